The molecule has 0 atom stereocenters. The average Bonchev–Trinajstić information content (AvgIpc) is 2.60. The van der Waals surface area contributed by atoms with Crippen molar-refractivity contribution in [2.45, 2.75) is 31.6 Å². The summed E-state index contributed by atoms with van der Waals surface area (Å²) in [6.45, 7) is 5.31. The van der Waals surface area contributed by atoms with E-state index >= 15 is 0 Å². The summed E-state index contributed by atoms with van der Waals surface area (Å²) in [5, 5.41) is 9.38. The van der Waals surface area contributed by atoms with Gasteiger partial charge >= 0.3 is 5.97 Å². The van der Waals surface area contributed by atoms with Gasteiger partial charge in [-0.05, 0) is 41.8 Å². The highest BCUT2D eigenvalue weighted by Gasteiger charge is 2.20. The molecule has 26 heavy (non-hydrogen) atoms. The highest BCUT2D eigenvalue weighted by molar-refractivity contribution is 7.91. The van der Waals surface area contributed by atoms with Crippen LogP contribution >= 0.6 is 0 Å². The Labute approximate surface area is 150 Å². The Kier molecular flexibility index (Phi) is 4.36. The molecule has 0 aliphatic heterocycles. The van der Waals surface area contributed by atoms with E-state index in [1.807, 2.05) is 13.8 Å². The van der Waals surface area contributed by atoms with E-state index in [9.17, 15) is 18.0 Å². The van der Waals surface area contributed by atoms with E-state index in [4.69, 9.17) is 9.52 Å². The number of fused-ring (bicyclic) bond motifs is 2. The van der Waals surface area contributed by atoms with Crippen molar-refractivity contribution in [2.75, 3.05) is 5.75 Å². The zero-order chi connectivity index (χ0) is 19.2. The predicted molar refractivity (Wildman–Crippen MR) is 98.8 cm³/mol. The lowest BCUT2D eigenvalue weighted by Gasteiger charge is -2.13. The highest BCUT2D eigenvalue weighted by Crippen LogP contribution is 2.30. The van der Waals surface area contributed by atoms with Crippen LogP contribution in [0.3, 0.4) is 0 Å². The number of sulfone groups is 1. The Morgan fingerprint density at radius 2 is 1.85 bits per heavy atom. The molecule has 1 heterocycles. The van der Waals surface area contributed by atoms with Gasteiger partial charge in [0.15, 0.2) is 9.84 Å². The third-order valence-electron chi connectivity index (χ3n) is 4.38. The van der Waals surface area contributed by atoms with E-state index < -0.39 is 21.2 Å². The van der Waals surface area contributed by atoms with Crippen molar-refractivity contribution >= 4 is 37.7 Å². The number of hydrogen-bond acceptors (Lipinski definition) is 5. The average molecular weight is 374 g/mol. The number of hydrogen-bond donors (Lipinski definition) is 1. The van der Waals surface area contributed by atoms with Crippen molar-refractivity contribution < 1.29 is 22.7 Å². The third-order valence-corrected chi connectivity index (χ3v) is 6.09. The van der Waals surface area contributed by atoms with E-state index in [1.54, 1.807) is 6.07 Å². The van der Waals surface area contributed by atoms with Crippen LogP contribution < -0.4 is 5.43 Å². The Morgan fingerprint density at radius 3 is 2.42 bits per heavy atom. The summed E-state index contributed by atoms with van der Waals surface area (Å²) in [6, 6.07) is 6.93. The lowest BCUT2D eigenvalue weighted by molar-refractivity contribution is 0.0697. The zero-order valence-corrected chi connectivity index (χ0v) is 15.4. The van der Waals surface area contributed by atoms with Crippen LogP contribution in [-0.4, -0.2) is 25.2 Å². The first kappa shape index (κ1) is 18.1. The Bertz CT molecular complexity index is 1200. The summed E-state index contributed by atoms with van der Waals surface area (Å²) in [5.41, 5.74) is 0.733. The van der Waals surface area contributed by atoms with Crippen LogP contribution in [0.5, 0.6) is 0 Å². The molecule has 0 aliphatic rings. The largest absolute Gasteiger partial charge is 0.478 e. The van der Waals surface area contributed by atoms with Crippen molar-refractivity contribution in [3.8, 4) is 0 Å². The maximum atomic E-state index is 13.0. The minimum absolute atomic E-state index is 0.0365. The molecule has 0 spiro atoms. The predicted octanol–water partition coefficient (Wildman–Crippen LogP) is 3.56. The molecule has 0 bridgehead atoms. The molecule has 0 aliphatic carbocycles. The number of aromatic carboxylic acids is 1. The lowest BCUT2D eigenvalue weighted by atomic mass is 9.99. The van der Waals surface area contributed by atoms with Crippen molar-refractivity contribution in [3.05, 3.63) is 51.7 Å². The fourth-order valence-corrected chi connectivity index (χ4v) is 3.80. The molecule has 136 valence electrons. The number of carboxylic acids is 1. The number of rotatable bonds is 4. The molecule has 0 unspecified atom stereocenters. The Hall–Kier alpha value is -2.67. The minimum atomic E-state index is -3.51. The van der Waals surface area contributed by atoms with Crippen LogP contribution in [0.25, 0.3) is 21.9 Å². The van der Waals surface area contributed by atoms with Gasteiger partial charge in [0.05, 0.1) is 27.0 Å². The van der Waals surface area contributed by atoms with Crippen LogP contribution in [0.1, 0.15) is 42.6 Å². The molecule has 1 aromatic heterocycles. The van der Waals surface area contributed by atoms with Crippen LogP contribution in [0, 0.1) is 0 Å². The maximum absolute atomic E-state index is 13.0. The van der Waals surface area contributed by atoms with Crippen LogP contribution in [0.4, 0.5) is 0 Å². The van der Waals surface area contributed by atoms with E-state index in [2.05, 4.69) is 0 Å². The van der Waals surface area contributed by atoms with E-state index in [0.717, 1.165) is 0 Å². The lowest BCUT2D eigenvalue weighted by Crippen LogP contribution is -2.10. The van der Waals surface area contributed by atoms with Gasteiger partial charge in [-0.25, -0.2) is 13.2 Å². The summed E-state index contributed by atoms with van der Waals surface area (Å²) in [4.78, 5) is 24.2. The second-order valence-corrected chi connectivity index (χ2v) is 8.67. The topological polar surface area (TPSA) is 102 Å². The second-order valence-electron chi connectivity index (χ2n) is 6.39. The summed E-state index contributed by atoms with van der Waals surface area (Å²) in [5.74, 6) is -1.31. The molecule has 3 aromatic rings. The van der Waals surface area contributed by atoms with Gasteiger partial charge in [0.2, 0.25) is 5.43 Å². The number of carboxylic acid groups (broad SMARTS) is 1. The van der Waals surface area contributed by atoms with Gasteiger partial charge in [-0.3, -0.25) is 4.79 Å². The molecule has 2 aromatic carbocycles. The van der Waals surface area contributed by atoms with Crippen molar-refractivity contribution in [1.82, 2.24) is 0 Å². The standard InChI is InChI=1S/C19H18O6S/c1-4-26(23,24)12-8-13(10(2)3)18-15(9-12)17(20)14-7-11(19(21)22)5-6-16(14)25-18/h5-10H,4H2,1-3H3,(H,21,22). The quantitative estimate of drug-likeness (QED) is 0.701. The normalized spacial score (nSPS) is 12.2. The summed E-state index contributed by atoms with van der Waals surface area (Å²) < 4.78 is 30.5. The minimum Gasteiger partial charge on any atom is -0.478 e. The fourth-order valence-electron chi connectivity index (χ4n) is 2.87. The maximum Gasteiger partial charge on any atom is 0.335 e. The molecule has 0 amide bonds. The monoisotopic (exact) mass is 374 g/mol. The van der Waals surface area contributed by atoms with Crippen molar-refractivity contribution in [3.63, 3.8) is 0 Å². The smallest absolute Gasteiger partial charge is 0.335 e. The van der Waals surface area contributed by atoms with Gasteiger partial charge in [-0.2, -0.15) is 0 Å². The van der Waals surface area contributed by atoms with Gasteiger partial charge in [-0.1, -0.05) is 20.8 Å². The first-order valence-electron chi connectivity index (χ1n) is 8.16. The molecule has 0 fully saturated rings. The fraction of sp³-hybridized carbons (Fsp3) is 0.263. The number of carbonyl (C=O) groups is 1. The van der Waals surface area contributed by atoms with Gasteiger partial charge in [0.1, 0.15) is 11.2 Å². The number of benzene rings is 2. The highest BCUT2D eigenvalue weighted by atomic mass is 32.2. The van der Waals surface area contributed by atoms with Crippen molar-refractivity contribution in [2.24, 2.45) is 0 Å². The van der Waals surface area contributed by atoms with E-state index in [0.29, 0.717) is 11.1 Å². The van der Waals surface area contributed by atoms with Gasteiger partial charge < -0.3 is 9.52 Å². The Morgan fingerprint density at radius 1 is 1.15 bits per heavy atom. The van der Waals surface area contributed by atoms with E-state index in [-0.39, 0.29) is 38.5 Å². The molecule has 6 nitrogen and oxygen atoms in total. The molecular weight excluding hydrogens is 356 g/mol. The van der Waals surface area contributed by atoms with Gasteiger partial charge in [0.25, 0.3) is 0 Å². The SMILES string of the molecule is CCS(=O)(=O)c1cc(C(C)C)c2oc3ccc(C(=O)O)cc3c(=O)c2c1. The van der Waals surface area contributed by atoms with E-state index in [1.165, 1.54) is 31.2 Å². The molecule has 3 rings (SSSR count). The van der Waals surface area contributed by atoms with Gasteiger partial charge in [0, 0.05) is 0 Å². The molecule has 0 radical (unpaired) electrons. The van der Waals surface area contributed by atoms with Gasteiger partial charge in [-0.15, -0.1) is 0 Å². The summed E-state index contributed by atoms with van der Waals surface area (Å²) >= 11 is 0. The van der Waals surface area contributed by atoms with Crippen LogP contribution in [0.15, 0.2) is 44.4 Å². The molecule has 0 saturated heterocycles. The molecule has 0 saturated carbocycles. The first-order chi connectivity index (χ1) is 12.2. The third kappa shape index (κ3) is 2.88. The van der Waals surface area contributed by atoms with Crippen LogP contribution in [-0.2, 0) is 9.84 Å². The first-order valence-corrected chi connectivity index (χ1v) is 9.81. The molecule has 7 heteroatoms. The zero-order valence-electron chi connectivity index (χ0n) is 14.6. The van der Waals surface area contributed by atoms with Crippen molar-refractivity contribution in [1.29, 1.82) is 0 Å². The summed E-state index contributed by atoms with van der Waals surface area (Å²) in [7, 11) is -3.51. The van der Waals surface area contributed by atoms with Crippen LogP contribution in [0.2, 0.25) is 0 Å². The second kappa shape index (κ2) is 6.25. The summed E-state index contributed by atoms with van der Waals surface area (Å²) in [6.07, 6.45) is 0. The molecular formula is C19H18O6S. The molecule has 1 N–H and O–H groups in total. The Balaban J connectivity index is 2.50.